The molecule has 0 aliphatic carbocycles. The first-order valence-electron chi connectivity index (χ1n) is 7.91. The fourth-order valence-electron chi connectivity index (χ4n) is 2.84. The molecular formula is C19H21NO4. The molecule has 0 saturated carbocycles. The van der Waals surface area contributed by atoms with Crippen molar-refractivity contribution in [2.45, 2.75) is 19.0 Å². The summed E-state index contributed by atoms with van der Waals surface area (Å²) in [5, 5.41) is 3.27. The summed E-state index contributed by atoms with van der Waals surface area (Å²) < 4.78 is 15.7. The summed E-state index contributed by atoms with van der Waals surface area (Å²) in [5.41, 5.74) is 3.05. The van der Waals surface area contributed by atoms with Crippen LogP contribution in [0.3, 0.4) is 0 Å². The number of ether oxygens (including phenoxy) is 3. The summed E-state index contributed by atoms with van der Waals surface area (Å²) >= 11 is 0. The molecule has 0 amide bonds. The van der Waals surface area contributed by atoms with Gasteiger partial charge in [0.25, 0.3) is 0 Å². The Morgan fingerprint density at radius 2 is 2.12 bits per heavy atom. The second-order valence-electron chi connectivity index (χ2n) is 5.65. The minimum atomic E-state index is -0.521. The molecule has 0 aromatic heterocycles. The molecular weight excluding hydrogens is 306 g/mol. The van der Waals surface area contributed by atoms with Gasteiger partial charge in [-0.3, -0.25) is 5.32 Å². The van der Waals surface area contributed by atoms with Crippen LogP contribution in [0.1, 0.15) is 22.7 Å². The normalized spacial score (nSPS) is 13.8. The third kappa shape index (κ3) is 3.51. The first kappa shape index (κ1) is 16.3. The van der Waals surface area contributed by atoms with E-state index in [1.54, 1.807) is 7.11 Å². The van der Waals surface area contributed by atoms with E-state index in [9.17, 15) is 4.79 Å². The standard InChI is InChI=1S/C19H21NO4/c1-22-16-5-3-4-13(10-16)12-20-18(19(21)23-2)15-6-7-17-14(11-15)8-9-24-17/h3-7,10-11,18,20H,8-9,12H2,1-2H3/t18-/m1/s1. The molecule has 0 fully saturated rings. The molecule has 1 aliphatic heterocycles. The van der Waals surface area contributed by atoms with Gasteiger partial charge in [-0.05, 0) is 41.0 Å². The lowest BCUT2D eigenvalue weighted by molar-refractivity contribution is -0.143. The average Bonchev–Trinajstić information content (AvgIpc) is 3.09. The van der Waals surface area contributed by atoms with Gasteiger partial charge in [0.05, 0.1) is 20.8 Å². The predicted octanol–water partition coefficient (Wildman–Crippen LogP) is 2.63. The number of benzene rings is 2. The summed E-state index contributed by atoms with van der Waals surface area (Å²) in [6.45, 7) is 1.23. The van der Waals surface area contributed by atoms with Crippen LogP contribution in [-0.4, -0.2) is 26.8 Å². The van der Waals surface area contributed by atoms with Crippen molar-refractivity contribution in [3.05, 3.63) is 59.2 Å². The number of nitrogens with one attached hydrogen (secondary N) is 1. The van der Waals surface area contributed by atoms with E-state index in [0.29, 0.717) is 13.2 Å². The van der Waals surface area contributed by atoms with Gasteiger partial charge in [-0.15, -0.1) is 0 Å². The van der Waals surface area contributed by atoms with Gasteiger partial charge in [0.1, 0.15) is 17.5 Å². The van der Waals surface area contributed by atoms with Gasteiger partial charge in [0.2, 0.25) is 0 Å². The molecule has 1 atom stereocenters. The molecule has 126 valence electrons. The summed E-state index contributed by atoms with van der Waals surface area (Å²) in [6, 6.07) is 13.1. The lowest BCUT2D eigenvalue weighted by Crippen LogP contribution is -2.29. The molecule has 1 N–H and O–H groups in total. The maximum atomic E-state index is 12.2. The van der Waals surface area contributed by atoms with Crippen LogP contribution in [0, 0.1) is 0 Å². The third-order valence-corrected chi connectivity index (χ3v) is 4.13. The van der Waals surface area contributed by atoms with Gasteiger partial charge in [-0.1, -0.05) is 18.2 Å². The van der Waals surface area contributed by atoms with Gasteiger partial charge >= 0.3 is 5.97 Å². The van der Waals surface area contributed by atoms with Crippen molar-refractivity contribution in [2.75, 3.05) is 20.8 Å². The van der Waals surface area contributed by atoms with Crippen LogP contribution in [0.25, 0.3) is 0 Å². The van der Waals surface area contributed by atoms with Crippen molar-refractivity contribution in [1.29, 1.82) is 0 Å². The predicted molar refractivity (Wildman–Crippen MR) is 90.2 cm³/mol. The van der Waals surface area contributed by atoms with E-state index in [0.717, 1.165) is 34.6 Å². The summed E-state index contributed by atoms with van der Waals surface area (Å²) in [6.07, 6.45) is 0.868. The largest absolute Gasteiger partial charge is 0.497 e. The monoisotopic (exact) mass is 327 g/mol. The van der Waals surface area contributed by atoms with E-state index in [1.165, 1.54) is 7.11 Å². The van der Waals surface area contributed by atoms with Crippen LogP contribution in [0.15, 0.2) is 42.5 Å². The summed E-state index contributed by atoms with van der Waals surface area (Å²) in [4.78, 5) is 12.2. The minimum absolute atomic E-state index is 0.309. The minimum Gasteiger partial charge on any atom is -0.497 e. The number of esters is 1. The molecule has 2 aromatic carbocycles. The number of hydrogen-bond donors (Lipinski definition) is 1. The zero-order valence-corrected chi connectivity index (χ0v) is 13.9. The van der Waals surface area contributed by atoms with Crippen molar-refractivity contribution in [3.63, 3.8) is 0 Å². The molecule has 2 aromatic rings. The molecule has 5 nitrogen and oxygen atoms in total. The lowest BCUT2D eigenvalue weighted by atomic mass is 10.0. The fraction of sp³-hybridized carbons (Fsp3) is 0.316. The van der Waals surface area contributed by atoms with Crippen LogP contribution in [0.5, 0.6) is 11.5 Å². The Labute approximate surface area is 141 Å². The van der Waals surface area contributed by atoms with Gasteiger partial charge in [-0.25, -0.2) is 4.79 Å². The SMILES string of the molecule is COC(=O)[C@H](NCc1cccc(OC)c1)c1ccc2c(c1)CCO2. The second-order valence-corrected chi connectivity index (χ2v) is 5.65. The second kappa shape index (κ2) is 7.36. The van der Waals surface area contributed by atoms with Gasteiger partial charge in [0, 0.05) is 13.0 Å². The number of carbonyl (C=O) groups excluding carboxylic acids is 1. The molecule has 0 saturated heterocycles. The Morgan fingerprint density at radius 1 is 1.25 bits per heavy atom. The highest BCUT2D eigenvalue weighted by atomic mass is 16.5. The van der Waals surface area contributed by atoms with Crippen LogP contribution >= 0.6 is 0 Å². The summed E-state index contributed by atoms with van der Waals surface area (Å²) in [7, 11) is 3.04. The van der Waals surface area contributed by atoms with Gasteiger partial charge in [-0.2, -0.15) is 0 Å². The highest BCUT2D eigenvalue weighted by Gasteiger charge is 2.23. The Hall–Kier alpha value is -2.53. The van der Waals surface area contributed by atoms with E-state index >= 15 is 0 Å². The van der Waals surface area contributed by atoms with E-state index in [-0.39, 0.29) is 5.97 Å². The third-order valence-electron chi connectivity index (χ3n) is 4.13. The molecule has 1 aliphatic rings. The molecule has 3 rings (SSSR count). The summed E-state index contributed by atoms with van der Waals surface area (Å²) in [5.74, 6) is 1.38. The maximum absolute atomic E-state index is 12.2. The van der Waals surface area contributed by atoms with E-state index < -0.39 is 6.04 Å². The number of rotatable bonds is 6. The topological polar surface area (TPSA) is 56.8 Å². The average molecular weight is 327 g/mol. The molecule has 5 heteroatoms. The van der Waals surface area contributed by atoms with Crippen LogP contribution in [-0.2, 0) is 22.5 Å². The molecule has 24 heavy (non-hydrogen) atoms. The first-order chi connectivity index (χ1) is 11.7. The van der Waals surface area contributed by atoms with Crippen molar-refractivity contribution in [2.24, 2.45) is 0 Å². The quantitative estimate of drug-likeness (QED) is 0.827. The van der Waals surface area contributed by atoms with E-state index in [2.05, 4.69) is 5.32 Å². The zero-order valence-electron chi connectivity index (χ0n) is 13.9. The van der Waals surface area contributed by atoms with Gasteiger partial charge < -0.3 is 14.2 Å². The van der Waals surface area contributed by atoms with E-state index in [1.807, 2.05) is 42.5 Å². The molecule has 1 heterocycles. The number of fused-ring (bicyclic) bond motifs is 1. The van der Waals surface area contributed by atoms with Crippen LogP contribution in [0.2, 0.25) is 0 Å². The Morgan fingerprint density at radius 3 is 2.92 bits per heavy atom. The molecule has 0 spiro atoms. The number of methoxy groups -OCH3 is 2. The molecule has 0 radical (unpaired) electrons. The lowest BCUT2D eigenvalue weighted by Gasteiger charge is -2.18. The maximum Gasteiger partial charge on any atom is 0.327 e. The van der Waals surface area contributed by atoms with Crippen molar-refractivity contribution >= 4 is 5.97 Å². The van der Waals surface area contributed by atoms with Crippen LogP contribution < -0.4 is 14.8 Å². The van der Waals surface area contributed by atoms with Crippen molar-refractivity contribution < 1.29 is 19.0 Å². The first-order valence-corrected chi connectivity index (χ1v) is 7.91. The fourth-order valence-corrected chi connectivity index (χ4v) is 2.84. The van der Waals surface area contributed by atoms with Crippen LogP contribution in [0.4, 0.5) is 0 Å². The van der Waals surface area contributed by atoms with Crippen molar-refractivity contribution in [1.82, 2.24) is 5.32 Å². The highest BCUT2D eigenvalue weighted by molar-refractivity contribution is 5.77. The smallest absolute Gasteiger partial charge is 0.327 e. The highest BCUT2D eigenvalue weighted by Crippen LogP contribution is 2.28. The number of hydrogen-bond acceptors (Lipinski definition) is 5. The van der Waals surface area contributed by atoms with E-state index in [4.69, 9.17) is 14.2 Å². The molecule has 0 bridgehead atoms. The Kier molecular flexibility index (Phi) is 5.01. The Balaban J connectivity index is 1.78. The zero-order chi connectivity index (χ0) is 16.9. The van der Waals surface area contributed by atoms with Gasteiger partial charge in [0.15, 0.2) is 0 Å². The molecule has 0 unspecified atom stereocenters. The van der Waals surface area contributed by atoms with Crippen molar-refractivity contribution in [3.8, 4) is 11.5 Å². The number of carbonyl (C=O) groups is 1. The Bertz CT molecular complexity index is 729.